The number of aryl methyl sites for hydroxylation is 1. The number of hydrogen-bond acceptors (Lipinski definition) is 3. The van der Waals surface area contributed by atoms with Crippen molar-refractivity contribution in [3.05, 3.63) is 69.8 Å². The molecule has 3 aromatic rings. The van der Waals surface area contributed by atoms with Crippen LogP contribution >= 0.6 is 0 Å². The number of rotatable bonds is 3. The van der Waals surface area contributed by atoms with Gasteiger partial charge in [-0.25, -0.2) is 4.39 Å². The SMILES string of the molecule is CC(=O)c1cc(C)cc2c(=O)n(CC#N)c(-c3ccc(F)cc3)cc12. The van der Waals surface area contributed by atoms with Gasteiger partial charge in [0.05, 0.1) is 11.8 Å². The molecule has 25 heavy (non-hydrogen) atoms. The highest BCUT2D eigenvalue weighted by Crippen LogP contribution is 2.26. The summed E-state index contributed by atoms with van der Waals surface area (Å²) in [4.78, 5) is 24.9. The molecule has 0 amide bonds. The molecule has 0 aliphatic heterocycles. The maximum Gasteiger partial charge on any atom is 0.259 e. The molecule has 0 saturated heterocycles. The van der Waals surface area contributed by atoms with Gasteiger partial charge in [-0.1, -0.05) is 0 Å². The van der Waals surface area contributed by atoms with E-state index in [1.165, 1.54) is 23.6 Å². The first kappa shape index (κ1) is 16.6. The molecule has 0 saturated carbocycles. The van der Waals surface area contributed by atoms with Crippen molar-refractivity contribution >= 4 is 16.6 Å². The van der Waals surface area contributed by atoms with Gasteiger partial charge in [0.1, 0.15) is 12.4 Å². The van der Waals surface area contributed by atoms with Gasteiger partial charge in [-0.3, -0.25) is 14.2 Å². The first-order valence-corrected chi connectivity index (χ1v) is 7.74. The Hall–Kier alpha value is -3.26. The Morgan fingerprint density at radius 1 is 1.16 bits per heavy atom. The molecule has 0 radical (unpaired) electrons. The summed E-state index contributed by atoms with van der Waals surface area (Å²) in [6.07, 6.45) is 0. The number of pyridine rings is 1. The van der Waals surface area contributed by atoms with Crippen LogP contribution < -0.4 is 5.56 Å². The summed E-state index contributed by atoms with van der Waals surface area (Å²) in [6.45, 7) is 3.13. The van der Waals surface area contributed by atoms with E-state index in [9.17, 15) is 14.0 Å². The molecule has 0 bridgehead atoms. The van der Waals surface area contributed by atoms with Crippen LogP contribution in [-0.2, 0) is 6.54 Å². The second-order valence-corrected chi connectivity index (χ2v) is 5.92. The van der Waals surface area contributed by atoms with E-state index >= 15 is 0 Å². The normalized spacial score (nSPS) is 10.6. The number of nitrogens with zero attached hydrogens (tertiary/aromatic N) is 2. The number of halogens is 1. The molecule has 1 aromatic heterocycles. The fourth-order valence-electron chi connectivity index (χ4n) is 2.98. The van der Waals surface area contributed by atoms with E-state index in [0.29, 0.717) is 27.6 Å². The average molecular weight is 334 g/mol. The molecule has 0 aliphatic rings. The molecule has 1 heterocycles. The molecule has 0 N–H and O–H groups in total. The lowest BCUT2D eigenvalue weighted by Gasteiger charge is -2.14. The van der Waals surface area contributed by atoms with Gasteiger partial charge in [0.15, 0.2) is 5.78 Å². The number of nitriles is 1. The van der Waals surface area contributed by atoms with Crippen molar-refractivity contribution < 1.29 is 9.18 Å². The topological polar surface area (TPSA) is 62.9 Å². The van der Waals surface area contributed by atoms with Crippen molar-refractivity contribution in [3.8, 4) is 17.3 Å². The van der Waals surface area contributed by atoms with Gasteiger partial charge in [-0.05, 0) is 67.4 Å². The minimum absolute atomic E-state index is 0.134. The van der Waals surface area contributed by atoms with Crippen LogP contribution in [0, 0.1) is 24.1 Å². The minimum Gasteiger partial charge on any atom is -0.294 e. The van der Waals surface area contributed by atoms with Crippen LogP contribution in [0.2, 0.25) is 0 Å². The van der Waals surface area contributed by atoms with Gasteiger partial charge in [0.25, 0.3) is 5.56 Å². The van der Waals surface area contributed by atoms with E-state index in [1.54, 1.807) is 30.3 Å². The molecule has 5 heteroatoms. The number of fused-ring (bicyclic) bond motifs is 1. The van der Waals surface area contributed by atoms with E-state index in [2.05, 4.69) is 0 Å². The van der Waals surface area contributed by atoms with Gasteiger partial charge < -0.3 is 0 Å². The maximum absolute atomic E-state index is 13.2. The fraction of sp³-hybridized carbons (Fsp3) is 0.150. The second kappa shape index (κ2) is 6.33. The van der Waals surface area contributed by atoms with Crippen LogP contribution in [0.25, 0.3) is 22.0 Å². The quantitative estimate of drug-likeness (QED) is 0.684. The molecule has 0 unspecified atom stereocenters. The third-order valence-electron chi connectivity index (χ3n) is 4.12. The summed E-state index contributed by atoms with van der Waals surface area (Å²) in [5, 5.41) is 10.0. The largest absolute Gasteiger partial charge is 0.294 e. The predicted molar refractivity (Wildman–Crippen MR) is 94.0 cm³/mol. The van der Waals surface area contributed by atoms with Crippen LogP contribution in [-0.4, -0.2) is 10.4 Å². The summed E-state index contributed by atoms with van der Waals surface area (Å²) in [6, 6.07) is 12.8. The molecule has 0 fully saturated rings. The number of Topliss-reactive ketones (excluding diaryl/α,β-unsaturated/α-hetero) is 1. The number of benzene rings is 2. The molecular formula is C20H15FN2O2. The van der Waals surface area contributed by atoms with Crippen molar-refractivity contribution in [2.45, 2.75) is 20.4 Å². The van der Waals surface area contributed by atoms with Gasteiger partial charge in [-0.2, -0.15) is 5.26 Å². The van der Waals surface area contributed by atoms with Gasteiger partial charge >= 0.3 is 0 Å². The monoisotopic (exact) mass is 334 g/mol. The zero-order valence-corrected chi connectivity index (χ0v) is 13.8. The highest BCUT2D eigenvalue weighted by Gasteiger charge is 2.15. The Balaban J connectivity index is 2.45. The lowest BCUT2D eigenvalue weighted by molar-refractivity contribution is 0.101. The minimum atomic E-state index is -0.390. The third-order valence-corrected chi connectivity index (χ3v) is 4.12. The highest BCUT2D eigenvalue weighted by atomic mass is 19.1. The van der Waals surface area contributed by atoms with Gasteiger partial charge in [0.2, 0.25) is 0 Å². The Labute approximate surface area is 143 Å². The molecule has 4 nitrogen and oxygen atoms in total. The average Bonchev–Trinajstić information content (AvgIpc) is 2.58. The molecule has 0 atom stereocenters. The Morgan fingerprint density at radius 2 is 1.84 bits per heavy atom. The lowest BCUT2D eigenvalue weighted by Crippen LogP contribution is -2.22. The molecule has 0 aliphatic carbocycles. The molecule has 0 spiro atoms. The summed E-state index contributed by atoms with van der Waals surface area (Å²) in [5.41, 5.74) is 1.99. The standard InChI is InChI=1S/C20H15FN2O2/c1-12-9-16(13(2)24)17-11-19(14-3-5-15(21)6-4-14)23(8-7-22)20(25)18(17)10-12/h3-6,9-11H,8H2,1-2H3. The fourth-order valence-corrected chi connectivity index (χ4v) is 2.98. The summed E-state index contributed by atoms with van der Waals surface area (Å²) >= 11 is 0. The van der Waals surface area contributed by atoms with Crippen molar-refractivity contribution in [1.82, 2.24) is 4.57 Å². The number of hydrogen-bond donors (Lipinski definition) is 0. The molecule has 2 aromatic carbocycles. The van der Waals surface area contributed by atoms with E-state index in [4.69, 9.17) is 5.26 Å². The molecule has 3 rings (SSSR count). The Kier molecular flexibility index (Phi) is 4.20. The summed E-state index contributed by atoms with van der Waals surface area (Å²) < 4.78 is 14.6. The van der Waals surface area contributed by atoms with Crippen LogP contribution in [0.3, 0.4) is 0 Å². The number of carbonyl (C=O) groups excluding carboxylic acids is 1. The van der Waals surface area contributed by atoms with Crippen LogP contribution in [0.1, 0.15) is 22.8 Å². The maximum atomic E-state index is 13.2. The van der Waals surface area contributed by atoms with Crippen LogP contribution in [0.15, 0.2) is 47.3 Å². The zero-order valence-electron chi connectivity index (χ0n) is 13.8. The number of aromatic nitrogens is 1. The van der Waals surface area contributed by atoms with E-state index < -0.39 is 5.82 Å². The highest BCUT2D eigenvalue weighted by molar-refractivity contribution is 6.07. The number of carbonyl (C=O) groups is 1. The van der Waals surface area contributed by atoms with Crippen molar-refractivity contribution in [3.63, 3.8) is 0 Å². The third kappa shape index (κ3) is 2.94. The van der Waals surface area contributed by atoms with Crippen molar-refractivity contribution in [1.29, 1.82) is 5.26 Å². The first-order chi connectivity index (χ1) is 11.9. The molecular weight excluding hydrogens is 319 g/mol. The summed E-state index contributed by atoms with van der Waals surface area (Å²) in [7, 11) is 0. The predicted octanol–water partition coefficient (Wildman–Crippen LogP) is 3.84. The Bertz CT molecular complexity index is 1090. The lowest BCUT2D eigenvalue weighted by atomic mass is 9.98. The van der Waals surface area contributed by atoms with E-state index in [0.717, 1.165) is 5.56 Å². The van der Waals surface area contributed by atoms with Gasteiger partial charge in [0, 0.05) is 16.3 Å². The van der Waals surface area contributed by atoms with Crippen LogP contribution in [0.5, 0.6) is 0 Å². The molecule has 124 valence electrons. The van der Waals surface area contributed by atoms with Crippen LogP contribution in [0.4, 0.5) is 4.39 Å². The van der Waals surface area contributed by atoms with Crippen molar-refractivity contribution in [2.24, 2.45) is 0 Å². The van der Waals surface area contributed by atoms with E-state index in [-0.39, 0.29) is 17.9 Å². The smallest absolute Gasteiger partial charge is 0.259 e. The zero-order chi connectivity index (χ0) is 18.1. The summed E-state index contributed by atoms with van der Waals surface area (Å²) in [5.74, 6) is -0.532. The first-order valence-electron chi connectivity index (χ1n) is 7.74. The number of ketones is 1. The van der Waals surface area contributed by atoms with E-state index in [1.807, 2.05) is 13.0 Å². The van der Waals surface area contributed by atoms with Crippen molar-refractivity contribution in [2.75, 3.05) is 0 Å². The Morgan fingerprint density at radius 3 is 2.44 bits per heavy atom. The van der Waals surface area contributed by atoms with Gasteiger partial charge in [-0.15, -0.1) is 0 Å². The second-order valence-electron chi connectivity index (χ2n) is 5.92.